The summed E-state index contributed by atoms with van der Waals surface area (Å²) in [6.07, 6.45) is 2.56. The highest BCUT2D eigenvalue weighted by atomic mass is 35.5. The van der Waals surface area contributed by atoms with Crippen LogP contribution in [-0.4, -0.2) is 61.4 Å². The number of hydrogen-bond donors (Lipinski definition) is 0. The average molecular weight is 1590 g/mol. The number of benzene rings is 16. The van der Waals surface area contributed by atoms with Crippen molar-refractivity contribution in [2.24, 2.45) is 0 Å². The van der Waals surface area contributed by atoms with E-state index in [0.717, 1.165) is 146 Å². The molecule has 121 heavy (non-hydrogen) atoms. The Labute approximate surface area is 707 Å². The Morgan fingerprint density at radius 1 is 0.264 bits per heavy atom. The number of hydrogen-bond acceptors (Lipinski definition) is 11. The van der Waals surface area contributed by atoms with Crippen molar-refractivity contribution >= 4 is 89.6 Å². The molecule has 2 saturated heterocycles. The molecule has 0 bridgehead atoms. The first-order valence-corrected chi connectivity index (χ1v) is 41.3. The van der Waals surface area contributed by atoms with E-state index in [0.29, 0.717) is 29.1 Å². The molecular weight excluding hydrogens is 1510 g/mol. The van der Waals surface area contributed by atoms with Crippen LogP contribution in [0.25, 0.3) is 189 Å². The van der Waals surface area contributed by atoms with Gasteiger partial charge in [0.1, 0.15) is 22.3 Å². The van der Waals surface area contributed by atoms with Crippen molar-refractivity contribution in [1.82, 2.24) is 29.9 Å². The van der Waals surface area contributed by atoms with Gasteiger partial charge in [0.05, 0.1) is 11.2 Å². The molecule has 13 heteroatoms. The Balaban J connectivity index is 0.000000122. The first-order valence-electron chi connectivity index (χ1n) is 41.0. The second-order valence-corrected chi connectivity index (χ2v) is 31.7. The second kappa shape index (κ2) is 33.7. The van der Waals surface area contributed by atoms with Crippen LogP contribution in [0.3, 0.4) is 0 Å². The van der Waals surface area contributed by atoms with E-state index < -0.39 is 18.3 Å². The summed E-state index contributed by atoms with van der Waals surface area (Å²) in [6.45, 7) is 10.4. The Morgan fingerprint density at radius 3 is 0.917 bits per heavy atom. The molecule has 16 aromatic carbocycles. The van der Waals surface area contributed by atoms with Gasteiger partial charge >= 0.3 is 7.12 Å². The average Bonchev–Trinajstić information content (AvgIpc) is 1.59. The standard InChI is InChI=1S/C49H31N3O.C28H25BO3.C27H18ClN3.C4H8O/c1-4-12-32(13-5-1)33-20-22-34(23-21-33)35-24-26-38(27-25-35)48-50-47(37-16-8-3-9-17-37)51-49(52-48)46-41(36-14-6-2-7-15-36)28-29-43-45(46)42-30-39-18-10-11-19-40(39)31-44(42)53-43;1-27(2)28(3,4)32-29(31-27)26-21(18-10-6-5-7-11-18)14-15-23-25(26)22-16-19-12-8-9-13-20(19)17-24(22)30-23;28-27-30-25(23-9-5-2-6-10-23)29-26(31-27)24-17-15-22(16-18-24)21-13-11-20(12-14-21)19-7-3-1-4-8-19;1-2-4-5-3-1/h1-31H;5-17H,1-4H3;1-18H;1-4H2. The zero-order chi connectivity index (χ0) is 81.8. The van der Waals surface area contributed by atoms with Crippen molar-refractivity contribution in [2.45, 2.75) is 51.7 Å². The predicted octanol–water partition coefficient (Wildman–Crippen LogP) is 27.6. The molecule has 6 heterocycles. The summed E-state index contributed by atoms with van der Waals surface area (Å²) in [4.78, 5) is 28.8. The molecule has 0 radical (unpaired) electrons. The van der Waals surface area contributed by atoms with Crippen LogP contribution in [0.1, 0.15) is 40.5 Å². The molecule has 22 rings (SSSR count). The third-order valence-corrected chi connectivity index (χ3v) is 23.2. The number of halogens is 1. The van der Waals surface area contributed by atoms with Crippen molar-refractivity contribution in [2.75, 3.05) is 13.2 Å². The molecule has 2 fully saturated rings. The van der Waals surface area contributed by atoms with Gasteiger partial charge in [-0.1, -0.05) is 334 Å². The summed E-state index contributed by atoms with van der Waals surface area (Å²) in [5, 5.41) is 8.97. The van der Waals surface area contributed by atoms with Crippen LogP contribution >= 0.6 is 11.6 Å². The molecule has 0 aliphatic carbocycles. The predicted molar refractivity (Wildman–Crippen MR) is 496 cm³/mol. The topological polar surface area (TPSA) is 131 Å². The van der Waals surface area contributed by atoms with E-state index in [2.05, 4.69) is 322 Å². The first-order chi connectivity index (χ1) is 59.3. The maximum atomic E-state index is 6.56. The maximum absolute atomic E-state index is 6.56. The Hall–Kier alpha value is -14.1. The van der Waals surface area contributed by atoms with E-state index in [4.69, 9.17) is 49.4 Å². The SMILES string of the molecule is C1CCOC1.CC1(C)OB(c2c(-c3ccccc3)ccc3oc4cc5ccccc5cc4c23)OC1(C)C.Clc1nc(-c2ccccc2)nc(-c2ccc(-c3ccc(-c4ccccc4)cc3)cc2)n1.c1ccc(-c2ccc(-c3ccc(-c4nc(-c5ccccc5)nc(-c5c(-c6ccccc6)ccc6oc7cc8ccccc8cc7c56)n4)cc3)cc2)cc1. The minimum absolute atomic E-state index is 0.185. The number of fused-ring (bicyclic) bond motifs is 8. The summed E-state index contributed by atoms with van der Waals surface area (Å²) in [6, 6.07) is 129. The molecule has 20 aromatic rings. The molecule has 0 atom stereocenters. The van der Waals surface area contributed by atoms with E-state index in [9.17, 15) is 0 Å². The molecular formula is C108H82BClN6O5. The Bertz CT molecular complexity index is 7060. The van der Waals surface area contributed by atoms with Crippen LogP contribution in [0.15, 0.2) is 385 Å². The van der Waals surface area contributed by atoms with E-state index in [-0.39, 0.29) is 5.28 Å². The third kappa shape index (κ3) is 16.2. The molecule has 0 spiro atoms. The fourth-order valence-corrected chi connectivity index (χ4v) is 16.1. The highest BCUT2D eigenvalue weighted by Crippen LogP contribution is 2.46. The van der Waals surface area contributed by atoms with Gasteiger partial charge in [-0.25, -0.2) is 19.9 Å². The zero-order valence-corrected chi connectivity index (χ0v) is 68.1. The van der Waals surface area contributed by atoms with Gasteiger partial charge in [0.2, 0.25) is 5.28 Å². The van der Waals surface area contributed by atoms with Crippen LogP contribution in [0, 0.1) is 0 Å². The van der Waals surface area contributed by atoms with E-state index in [1.807, 2.05) is 97.1 Å². The lowest BCUT2D eigenvalue weighted by atomic mass is 9.72. The number of furan rings is 2. The van der Waals surface area contributed by atoms with Crippen molar-refractivity contribution < 1.29 is 22.9 Å². The fraction of sp³-hybridized carbons (Fsp3) is 0.0926. The summed E-state index contributed by atoms with van der Waals surface area (Å²) >= 11 is 6.18. The largest absolute Gasteiger partial charge is 0.496 e. The summed E-state index contributed by atoms with van der Waals surface area (Å²) in [5.74, 6) is 2.94. The molecule has 2 aliphatic heterocycles. The van der Waals surface area contributed by atoms with Gasteiger partial charge in [-0.3, -0.25) is 0 Å². The van der Waals surface area contributed by atoms with Crippen molar-refractivity contribution in [1.29, 1.82) is 0 Å². The van der Waals surface area contributed by atoms with Gasteiger partial charge in [0.25, 0.3) is 0 Å². The number of rotatable bonds is 12. The van der Waals surface area contributed by atoms with Gasteiger partial charge in [-0.2, -0.15) is 9.97 Å². The van der Waals surface area contributed by atoms with Gasteiger partial charge in [-0.15, -0.1) is 0 Å². The Morgan fingerprint density at radius 2 is 0.545 bits per heavy atom. The molecule has 2 aliphatic rings. The molecule has 0 unspecified atom stereocenters. The molecule has 4 aromatic heterocycles. The van der Waals surface area contributed by atoms with E-state index in [1.54, 1.807) is 0 Å². The lowest BCUT2D eigenvalue weighted by Crippen LogP contribution is -2.41. The van der Waals surface area contributed by atoms with Crippen LogP contribution in [0.5, 0.6) is 0 Å². The van der Waals surface area contributed by atoms with Gasteiger partial charge in [-0.05, 0) is 183 Å². The van der Waals surface area contributed by atoms with Crippen LogP contribution in [0.2, 0.25) is 5.28 Å². The van der Waals surface area contributed by atoms with Crippen molar-refractivity contribution in [3.05, 3.63) is 381 Å². The molecule has 0 N–H and O–H groups in total. The summed E-state index contributed by atoms with van der Waals surface area (Å²) < 4.78 is 31.0. The molecule has 0 saturated carbocycles. The highest BCUT2D eigenvalue weighted by molar-refractivity contribution is 6.68. The summed E-state index contributed by atoms with van der Waals surface area (Å²) in [7, 11) is -0.494. The maximum Gasteiger partial charge on any atom is 0.496 e. The van der Waals surface area contributed by atoms with Gasteiger partial charge in [0, 0.05) is 68.0 Å². The van der Waals surface area contributed by atoms with E-state index >= 15 is 0 Å². The minimum Gasteiger partial charge on any atom is -0.456 e. The van der Waals surface area contributed by atoms with Crippen LogP contribution < -0.4 is 5.46 Å². The smallest absolute Gasteiger partial charge is 0.456 e. The minimum atomic E-state index is -0.494. The third-order valence-electron chi connectivity index (χ3n) is 23.0. The van der Waals surface area contributed by atoms with Gasteiger partial charge in [0.15, 0.2) is 29.1 Å². The number of aromatic nitrogens is 6. The second-order valence-electron chi connectivity index (χ2n) is 31.3. The number of nitrogens with zero attached hydrogens (tertiary/aromatic N) is 6. The van der Waals surface area contributed by atoms with Crippen molar-refractivity contribution in [3.8, 4) is 124 Å². The lowest BCUT2D eigenvalue weighted by molar-refractivity contribution is 0.00578. The summed E-state index contributed by atoms with van der Waals surface area (Å²) in [5.41, 5.74) is 21.8. The fourth-order valence-electron chi connectivity index (χ4n) is 15.9. The monoisotopic (exact) mass is 1590 g/mol. The van der Waals surface area contributed by atoms with Gasteiger partial charge < -0.3 is 22.9 Å². The normalized spacial score (nSPS) is 13.4. The van der Waals surface area contributed by atoms with Crippen molar-refractivity contribution in [3.63, 3.8) is 0 Å². The molecule has 0 amide bonds. The number of ether oxygens (including phenoxy) is 1. The molecule has 11 nitrogen and oxygen atoms in total. The van der Waals surface area contributed by atoms with E-state index in [1.165, 1.54) is 45.9 Å². The van der Waals surface area contributed by atoms with Crippen LogP contribution in [-0.2, 0) is 14.0 Å². The quantitative estimate of drug-likeness (QED) is 0.108. The molecule has 584 valence electrons. The highest BCUT2D eigenvalue weighted by Gasteiger charge is 2.53. The van der Waals surface area contributed by atoms with Crippen LogP contribution in [0.4, 0.5) is 0 Å². The first kappa shape index (κ1) is 76.8. The zero-order valence-electron chi connectivity index (χ0n) is 67.3. The Kier molecular flexibility index (Phi) is 21.4. The lowest BCUT2D eigenvalue weighted by Gasteiger charge is -2.32.